The summed E-state index contributed by atoms with van der Waals surface area (Å²) in [5, 5.41) is 6.15. The van der Waals surface area contributed by atoms with Crippen LogP contribution in [0.25, 0.3) is 17.0 Å². The second kappa shape index (κ2) is 12.7. The Hall–Kier alpha value is -4.61. The van der Waals surface area contributed by atoms with Gasteiger partial charge >= 0.3 is 10.2 Å². The molecule has 0 unspecified atom stereocenters. The molecule has 0 saturated heterocycles. The molecular formula is C30H32N4O6S. The first-order valence-electron chi connectivity index (χ1n) is 12.8. The van der Waals surface area contributed by atoms with Gasteiger partial charge in [-0.1, -0.05) is 42.5 Å². The van der Waals surface area contributed by atoms with Crippen molar-refractivity contribution in [3.63, 3.8) is 0 Å². The molecule has 4 aromatic rings. The number of aromatic nitrogens is 1. The maximum absolute atomic E-state index is 13.4. The van der Waals surface area contributed by atoms with Crippen molar-refractivity contribution in [2.45, 2.75) is 6.42 Å². The predicted molar refractivity (Wildman–Crippen MR) is 158 cm³/mol. The number of hydrogen-bond donors (Lipinski definition) is 2. The fraction of sp³-hybridized carbons (Fsp3) is 0.200. The minimum atomic E-state index is -3.85. The maximum Gasteiger partial charge on any atom is 0.307 e. The van der Waals surface area contributed by atoms with Crippen molar-refractivity contribution in [2.75, 3.05) is 34.9 Å². The normalized spacial score (nSPS) is 11.9. The third-order valence-corrected chi connectivity index (χ3v) is 8.12. The molecule has 2 N–H and O–H groups in total. The quantitative estimate of drug-likeness (QED) is 0.264. The first-order chi connectivity index (χ1) is 19.6. The lowest BCUT2D eigenvalue weighted by Crippen LogP contribution is -2.35. The summed E-state index contributed by atoms with van der Waals surface area (Å²) in [4.78, 5) is 26.4. The highest BCUT2D eigenvalue weighted by atomic mass is 32.2. The van der Waals surface area contributed by atoms with Crippen LogP contribution in [-0.4, -0.2) is 63.4 Å². The van der Waals surface area contributed by atoms with E-state index in [2.05, 4.69) is 10.6 Å². The van der Waals surface area contributed by atoms with Crippen molar-refractivity contribution < 1.29 is 27.5 Å². The van der Waals surface area contributed by atoms with Crippen molar-refractivity contribution in [3.8, 4) is 11.5 Å². The van der Waals surface area contributed by atoms with Crippen LogP contribution in [0.3, 0.4) is 0 Å². The van der Waals surface area contributed by atoms with Gasteiger partial charge in [0.1, 0.15) is 5.70 Å². The second-order valence-corrected chi connectivity index (χ2v) is 11.3. The van der Waals surface area contributed by atoms with Crippen LogP contribution in [0.15, 0.2) is 84.7 Å². The predicted octanol–water partition coefficient (Wildman–Crippen LogP) is 3.44. The molecule has 0 aliphatic heterocycles. The molecule has 4 rings (SSSR count). The number of ether oxygens (including phenoxy) is 2. The molecule has 10 nitrogen and oxygen atoms in total. The van der Waals surface area contributed by atoms with Crippen molar-refractivity contribution in [1.82, 2.24) is 18.9 Å². The summed E-state index contributed by atoms with van der Waals surface area (Å²) in [6, 6.07) is 21.0. The van der Waals surface area contributed by atoms with Crippen molar-refractivity contribution in [3.05, 3.63) is 101 Å². The molecule has 3 aromatic carbocycles. The monoisotopic (exact) mass is 576 g/mol. The van der Waals surface area contributed by atoms with Crippen LogP contribution in [0.5, 0.6) is 11.5 Å². The van der Waals surface area contributed by atoms with Crippen molar-refractivity contribution in [2.24, 2.45) is 0 Å². The summed E-state index contributed by atoms with van der Waals surface area (Å²) in [5.74, 6) is 0.180. The Kier molecular flexibility index (Phi) is 9.10. The number of amides is 2. The van der Waals surface area contributed by atoms with Gasteiger partial charge in [0.15, 0.2) is 11.5 Å². The van der Waals surface area contributed by atoms with E-state index < -0.39 is 22.0 Å². The summed E-state index contributed by atoms with van der Waals surface area (Å²) in [7, 11) is 2.15. The number of benzene rings is 3. The van der Waals surface area contributed by atoms with Crippen LogP contribution in [-0.2, 0) is 21.4 Å². The third-order valence-electron chi connectivity index (χ3n) is 6.39. The van der Waals surface area contributed by atoms with Crippen LogP contribution in [0.4, 0.5) is 0 Å². The minimum absolute atomic E-state index is 0.0312. The van der Waals surface area contributed by atoms with Crippen molar-refractivity contribution >= 4 is 39.0 Å². The smallest absolute Gasteiger partial charge is 0.307 e. The summed E-state index contributed by atoms with van der Waals surface area (Å²) in [6.07, 6.45) is 3.41. The first kappa shape index (κ1) is 29.4. The van der Waals surface area contributed by atoms with Gasteiger partial charge in [0, 0.05) is 43.4 Å². The number of para-hydroxylation sites is 1. The standard InChI is InChI=1S/C30H32N4O6S/c1-33(2)41(37,38)34-20-23(24-12-8-9-13-26(24)34)19-25(32-29(35)22-10-6-5-7-11-22)30(36)31-17-16-21-14-15-27(39-3)28(18-21)40-4/h5-15,18-20H,16-17H2,1-4H3,(H,31,36)(H,32,35)/b25-19-. The SMILES string of the molecule is COc1ccc(CCNC(=O)/C(=C/c2cn(S(=O)(=O)N(C)C)c3ccccc23)NC(=O)c2ccccc2)cc1OC. The summed E-state index contributed by atoms with van der Waals surface area (Å²) >= 11 is 0. The van der Waals surface area contributed by atoms with E-state index in [-0.39, 0.29) is 12.2 Å². The maximum atomic E-state index is 13.4. The van der Waals surface area contributed by atoms with E-state index in [9.17, 15) is 18.0 Å². The highest BCUT2D eigenvalue weighted by molar-refractivity contribution is 7.87. The molecule has 0 aliphatic carbocycles. The molecule has 0 aliphatic rings. The van der Waals surface area contributed by atoms with Gasteiger partial charge in [-0.3, -0.25) is 9.59 Å². The van der Waals surface area contributed by atoms with Crippen LogP contribution in [0.2, 0.25) is 0 Å². The number of rotatable bonds is 11. The van der Waals surface area contributed by atoms with Crippen LogP contribution in [0, 0.1) is 0 Å². The molecule has 41 heavy (non-hydrogen) atoms. The van der Waals surface area contributed by atoms with Gasteiger partial charge in [-0.15, -0.1) is 0 Å². The molecule has 0 fully saturated rings. The largest absolute Gasteiger partial charge is 0.493 e. The lowest BCUT2D eigenvalue weighted by molar-refractivity contribution is -0.117. The second-order valence-electron chi connectivity index (χ2n) is 9.26. The van der Waals surface area contributed by atoms with Crippen LogP contribution in [0.1, 0.15) is 21.5 Å². The Balaban J connectivity index is 1.66. The average Bonchev–Trinajstić information content (AvgIpc) is 3.36. The molecule has 214 valence electrons. The highest BCUT2D eigenvalue weighted by Gasteiger charge is 2.22. The van der Waals surface area contributed by atoms with Crippen LogP contribution < -0.4 is 20.1 Å². The number of fused-ring (bicyclic) bond motifs is 1. The Bertz CT molecular complexity index is 1690. The van der Waals surface area contributed by atoms with Gasteiger partial charge < -0.3 is 20.1 Å². The fourth-order valence-corrected chi connectivity index (χ4v) is 5.21. The molecule has 0 spiro atoms. The molecule has 0 bridgehead atoms. The number of carbonyl (C=O) groups excluding carboxylic acids is 2. The van der Waals surface area contributed by atoms with E-state index in [0.717, 1.165) is 13.8 Å². The zero-order valence-electron chi connectivity index (χ0n) is 23.2. The van der Waals surface area contributed by atoms with E-state index in [1.807, 2.05) is 12.1 Å². The van der Waals surface area contributed by atoms with Crippen LogP contribution >= 0.6 is 0 Å². The number of methoxy groups -OCH3 is 2. The Labute approximate surface area is 239 Å². The molecule has 0 atom stereocenters. The van der Waals surface area contributed by atoms with Gasteiger partial charge in [-0.2, -0.15) is 12.7 Å². The first-order valence-corrected chi connectivity index (χ1v) is 14.2. The average molecular weight is 577 g/mol. The van der Waals surface area contributed by atoms with Crippen molar-refractivity contribution in [1.29, 1.82) is 0 Å². The zero-order chi connectivity index (χ0) is 29.6. The Morgan fingerprint density at radius 1 is 0.927 bits per heavy atom. The van der Waals surface area contributed by atoms with E-state index >= 15 is 0 Å². The van der Waals surface area contributed by atoms with Gasteiger partial charge in [-0.05, 0) is 48.4 Å². The number of nitrogens with zero attached hydrogens (tertiary/aromatic N) is 2. The van der Waals surface area contributed by atoms with Gasteiger partial charge in [0.05, 0.1) is 19.7 Å². The third kappa shape index (κ3) is 6.59. The minimum Gasteiger partial charge on any atom is -0.493 e. The van der Waals surface area contributed by atoms with E-state index in [4.69, 9.17) is 9.47 Å². The molecular weight excluding hydrogens is 544 g/mol. The highest BCUT2D eigenvalue weighted by Crippen LogP contribution is 2.28. The number of hydrogen-bond acceptors (Lipinski definition) is 6. The molecule has 1 heterocycles. The van der Waals surface area contributed by atoms with Gasteiger partial charge in [0.2, 0.25) is 0 Å². The topological polar surface area (TPSA) is 119 Å². The van der Waals surface area contributed by atoms with E-state index in [0.29, 0.717) is 39.9 Å². The van der Waals surface area contributed by atoms with E-state index in [1.165, 1.54) is 26.4 Å². The Morgan fingerprint density at radius 3 is 2.29 bits per heavy atom. The summed E-state index contributed by atoms with van der Waals surface area (Å²) < 4.78 is 38.9. The zero-order valence-corrected chi connectivity index (χ0v) is 24.1. The number of carbonyl (C=O) groups is 2. The Morgan fingerprint density at radius 2 is 1.61 bits per heavy atom. The van der Waals surface area contributed by atoms with E-state index in [1.54, 1.807) is 74.9 Å². The molecule has 1 aromatic heterocycles. The lowest BCUT2D eigenvalue weighted by atomic mass is 10.1. The van der Waals surface area contributed by atoms with Gasteiger partial charge in [0.25, 0.3) is 11.8 Å². The molecule has 11 heteroatoms. The number of nitrogens with one attached hydrogen (secondary N) is 2. The summed E-state index contributed by atoms with van der Waals surface area (Å²) in [5.41, 5.74) is 2.14. The fourth-order valence-electron chi connectivity index (χ4n) is 4.21. The lowest BCUT2D eigenvalue weighted by Gasteiger charge is -2.13. The molecule has 0 radical (unpaired) electrons. The van der Waals surface area contributed by atoms with Gasteiger partial charge in [-0.25, -0.2) is 3.97 Å². The molecule has 0 saturated carbocycles. The summed E-state index contributed by atoms with van der Waals surface area (Å²) in [6.45, 7) is 0.267. The molecule has 2 amide bonds.